The largest absolute Gasteiger partial charge is 0.497 e. The Morgan fingerprint density at radius 1 is 0.947 bits per heavy atom. The molecule has 0 saturated carbocycles. The van der Waals surface area contributed by atoms with Crippen molar-refractivity contribution in [2.24, 2.45) is 0 Å². The van der Waals surface area contributed by atoms with Crippen molar-refractivity contribution in [1.29, 1.82) is 0 Å². The molecule has 1 radical (unpaired) electrons. The Bertz CT molecular complexity index is 536. The van der Waals surface area contributed by atoms with E-state index in [1.807, 2.05) is 63.2 Å². The van der Waals surface area contributed by atoms with Crippen LogP contribution in [0.2, 0.25) is 0 Å². The van der Waals surface area contributed by atoms with Crippen LogP contribution in [-0.2, 0) is 0 Å². The lowest BCUT2D eigenvalue weighted by Crippen LogP contribution is -2.22. The fourth-order valence-electron chi connectivity index (χ4n) is 1.80. The predicted octanol–water partition coefficient (Wildman–Crippen LogP) is 4.34. The van der Waals surface area contributed by atoms with Crippen LogP contribution in [-0.4, -0.2) is 12.7 Å². The van der Waals surface area contributed by atoms with Crippen molar-refractivity contribution in [3.8, 4) is 22.6 Å². The number of methoxy groups -OCH3 is 1. The number of rotatable bonds is 3. The summed E-state index contributed by atoms with van der Waals surface area (Å²) < 4.78 is 11.0. The van der Waals surface area contributed by atoms with E-state index in [2.05, 4.69) is 6.07 Å². The van der Waals surface area contributed by atoms with Crippen molar-refractivity contribution in [2.45, 2.75) is 26.4 Å². The van der Waals surface area contributed by atoms with Crippen molar-refractivity contribution >= 4 is 0 Å². The average Bonchev–Trinajstić information content (AvgIpc) is 2.37. The van der Waals surface area contributed by atoms with Gasteiger partial charge >= 0.3 is 0 Å². The van der Waals surface area contributed by atoms with Crippen molar-refractivity contribution in [3.05, 3.63) is 48.5 Å². The van der Waals surface area contributed by atoms with E-state index in [0.29, 0.717) is 0 Å². The molecule has 0 spiro atoms. The van der Waals surface area contributed by atoms with Gasteiger partial charge in [0.05, 0.1) is 7.11 Å². The maximum atomic E-state index is 5.86. The third kappa shape index (κ3) is 3.75. The first-order chi connectivity index (χ1) is 8.98. The van der Waals surface area contributed by atoms with Crippen LogP contribution >= 0.6 is 0 Å². The summed E-state index contributed by atoms with van der Waals surface area (Å²) in [4.78, 5) is 0. The van der Waals surface area contributed by atoms with Crippen LogP contribution in [0.5, 0.6) is 11.5 Å². The molecule has 2 nitrogen and oxygen atoms in total. The Hall–Kier alpha value is -1.96. The zero-order chi connectivity index (χ0) is 13.9. The van der Waals surface area contributed by atoms with E-state index in [9.17, 15) is 0 Å². The van der Waals surface area contributed by atoms with Gasteiger partial charge in [-0.1, -0.05) is 18.2 Å². The molecular weight excluding hydrogens is 236 g/mol. The van der Waals surface area contributed by atoms with Crippen LogP contribution in [0.25, 0.3) is 11.1 Å². The molecule has 0 heterocycles. The normalized spacial score (nSPS) is 11.2. The highest BCUT2D eigenvalue weighted by Crippen LogP contribution is 2.27. The summed E-state index contributed by atoms with van der Waals surface area (Å²) in [6.07, 6.45) is 0. The van der Waals surface area contributed by atoms with E-state index < -0.39 is 0 Å². The molecule has 0 aliphatic rings. The molecule has 0 aromatic heterocycles. The summed E-state index contributed by atoms with van der Waals surface area (Å²) in [6, 6.07) is 17.0. The first-order valence-corrected chi connectivity index (χ1v) is 6.33. The van der Waals surface area contributed by atoms with Crippen molar-refractivity contribution < 1.29 is 9.47 Å². The zero-order valence-electron chi connectivity index (χ0n) is 11.9. The van der Waals surface area contributed by atoms with Crippen LogP contribution in [0.4, 0.5) is 0 Å². The maximum absolute atomic E-state index is 5.86. The Balaban J connectivity index is 2.27. The highest BCUT2D eigenvalue weighted by atomic mass is 16.5. The van der Waals surface area contributed by atoms with Gasteiger partial charge in [-0.25, -0.2) is 0 Å². The Morgan fingerprint density at radius 2 is 1.63 bits per heavy atom. The third-order valence-electron chi connectivity index (χ3n) is 2.60. The average molecular weight is 255 g/mol. The molecule has 2 heteroatoms. The highest BCUT2D eigenvalue weighted by Gasteiger charge is 2.12. The minimum absolute atomic E-state index is 0.196. The summed E-state index contributed by atoms with van der Waals surface area (Å²) in [5.74, 6) is 1.71. The second-order valence-electron chi connectivity index (χ2n) is 5.38. The van der Waals surface area contributed by atoms with Gasteiger partial charge in [0.25, 0.3) is 0 Å². The van der Waals surface area contributed by atoms with Gasteiger partial charge < -0.3 is 9.47 Å². The van der Waals surface area contributed by atoms with Crippen LogP contribution in [0.1, 0.15) is 20.8 Å². The van der Waals surface area contributed by atoms with Gasteiger partial charge in [0.1, 0.15) is 17.1 Å². The van der Waals surface area contributed by atoms with E-state index in [1.54, 1.807) is 7.11 Å². The fraction of sp³-hybridized carbons (Fsp3) is 0.294. The minimum atomic E-state index is -0.196. The zero-order valence-corrected chi connectivity index (χ0v) is 11.9. The van der Waals surface area contributed by atoms with Gasteiger partial charge in [0.2, 0.25) is 0 Å². The van der Waals surface area contributed by atoms with Crippen LogP contribution in [0.3, 0.4) is 0 Å². The summed E-state index contributed by atoms with van der Waals surface area (Å²) >= 11 is 0. The van der Waals surface area contributed by atoms with Gasteiger partial charge in [0.15, 0.2) is 0 Å². The molecule has 0 atom stereocenters. The third-order valence-corrected chi connectivity index (χ3v) is 2.60. The fourth-order valence-corrected chi connectivity index (χ4v) is 1.80. The monoisotopic (exact) mass is 255 g/mol. The van der Waals surface area contributed by atoms with Gasteiger partial charge in [0, 0.05) is 0 Å². The molecule has 0 unspecified atom stereocenters. The number of benzene rings is 2. The van der Waals surface area contributed by atoms with E-state index in [4.69, 9.17) is 9.47 Å². The molecule has 19 heavy (non-hydrogen) atoms. The lowest BCUT2D eigenvalue weighted by atomic mass is 10.1. The molecule has 99 valence electrons. The highest BCUT2D eigenvalue weighted by molar-refractivity contribution is 5.65. The van der Waals surface area contributed by atoms with Gasteiger partial charge in [-0.05, 0) is 62.2 Å². The summed E-state index contributed by atoms with van der Waals surface area (Å²) in [6.45, 7) is 6.12. The molecule has 0 amide bonds. The predicted molar refractivity (Wildman–Crippen MR) is 77.6 cm³/mol. The van der Waals surface area contributed by atoms with E-state index in [0.717, 1.165) is 22.6 Å². The quantitative estimate of drug-likeness (QED) is 0.812. The lowest BCUT2D eigenvalue weighted by molar-refractivity contribution is 0.131. The summed E-state index contributed by atoms with van der Waals surface area (Å²) in [5.41, 5.74) is 1.92. The van der Waals surface area contributed by atoms with Crippen molar-refractivity contribution in [1.82, 2.24) is 0 Å². The molecule has 0 N–H and O–H groups in total. The van der Waals surface area contributed by atoms with Gasteiger partial charge in [-0.15, -0.1) is 0 Å². The first kappa shape index (κ1) is 13.5. The number of hydrogen-bond donors (Lipinski definition) is 0. The molecule has 2 rings (SSSR count). The van der Waals surface area contributed by atoms with Crippen LogP contribution in [0.15, 0.2) is 42.5 Å². The van der Waals surface area contributed by atoms with Crippen LogP contribution < -0.4 is 9.47 Å². The second-order valence-corrected chi connectivity index (χ2v) is 5.38. The molecular formula is C17H19O2. The smallest absolute Gasteiger partial charge is 0.120 e. The Kier molecular flexibility index (Phi) is 3.79. The summed E-state index contributed by atoms with van der Waals surface area (Å²) in [7, 11) is 1.67. The lowest BCUT2D eigenvalue weighted by Gasteiger charge is -2.21. The molecule has 2 aromatic carbocycles. The number of ether oxygens (including phenoxy) is 2. The second kappa shape index (κ2) is 5.35. The van der Waals surface area contributed by atoms with Crippen molar-refractivity contribution in [2.75, 3.05) is 7.11 Å². The maximum Gasteiger partial charge on any atom is 0.120 e. The Morgan fingerprint density at radius 3 is 2.21 bits per heavy atom. The van der Waals surface area contributed by atoms with Gasteiger partial charge in [-0.3, -0.25) is 0 Å². The standard InChI is InChI=1S/C17H19O2/c1-17(2,3)19-16-7-5-6-14(12-16)13-8-10-15(18-4)11-9-13/h5,7-12H,1-4H3. The van der Waals surface area contributed by atoms with E-state index in [1.165, 1.54) is 0 Å². The first-order valence-electron chi connectivity index (χ1n) is 6.33. The molecule has 0 fully saturated rings. The SMILES string of the molecule is COc1ccc(-c2[c]ccc(OC(C)(C)C)c2)cc1. The molecule has 0 aliphatic carbocycles. The van der Waals surface area contributed by atoms with Crippen molar-refractivity contribution in [3.63, 3.8) is 0 Å². The van der Waals surface area contributed by atoms with Crippen LogP contribution in [0, 0.1) is 6.07 Å². The topological polar surface area (TPSA) is 18.5 Å². The molecule has 0 bridgehead atoms. The van der Waals surface area contributed by atoms with E-state index in [-0.39, 0.29) is 5.60 Å². The Labute approximate surface area is 115 Å². The van der Waals surface area contributed by atoms with E-state index >= 15 is 0 Å². The molecule has 0 aliphatic heterocycles. The number of hydrogen-bond acceptors (Lipinski definition) is 2. The molecule has 2 aromatic rings. The van der Waals surface area contributed by atoms with Gasteiger partial charge in [-0.2, -0.15) is 0 Å². The molecule has 0 saturated heterocycles. The minimum Gasteiger partial charge on any atom is -0.497 e. The summed E-state index contributed by atoms with van der Waals surface area (Å²) in [5, 5.41) is 0.